The molecule has 1 saturated heterocycles. The third-order valence-electron chi connectivity index (χ3n) is 9.42. The highest BCUT2D eigenvalue weighted by atomic mass is 28.4. The van der Waals surface area contributed by atoms with Crippen molar-refractivity contribution in [1.82, 2.24) is 0 Å². The molecule has 8 heteroatoms. The number of amides is 2. The van der Waals surface area contributed by atoms with E-state index in [0.29, 0.717) is 30.6 Å². The molecule has 0 aromatic heterocycles. The van der Waals surface area contributed by atoms with Gasteiger partial charge in [0.25, 0.3) is 5.91 Å². The molecule has 0 aliphatic carbocycles. The van der Waals surface area contributed by atoms with E-state index in [1.807, 2.05) is 49.4 Å². The summed E-state index contributed by atoms with van der Waals surface area (Å²) in [7, 11) is -3.31. The van der Waals surface area contributed by atoms with Crippen molar-refractivity contribution in [2.75, 3.05) is 23.0 Å². The van der Waals surface area contributed by atoms with Gasteiger partial charge in [-0.25, -0.2) is 0 Å². The SMILES string of the molecule is CC(C)=CCC/C(C)=C/CN1C(=O)[C@@]2(O[C@@H](CCO)[C@H]([Si](C)(C)F)[C@H]2C)c2cc(N3C(=O)CCc4ccccc43)ccc21. The maximum absolute atomic E-state index is 16.0. The minimum atomic E-state index is -3.31. The van der Waals surface area contributed by atoms with Crippen molar-refractivity contribution in [3.63, 3.8) is 0 Å². The lowest BCUT2D eigenvalue weighted by atomic mass is 9.82. The molecule has 5 rings (SSSR count). The number of hydrogen-bond acceptors (Lipinski definition) is 4. The van der Waals surface area contributed by atoms with Gasteiger partial charge in [0.2, 0.25) is 14.3 Å². The normalized spacial score (nSPS) is 25.4. The minimum absolute atomic E-state index is 0.00229. The minimum Gasteiger partial charge on any atom is -0.396 e. The Morgan fingerprint density at radius 2 is 1.84 bits per heavy atom. The molecule has 0 saturated carbocycles. The van der Waals surface area contributed by atoms with Crippen molar-refractivity contribution < 1.29 is 23.5 Å². The molecule has 6 nitrogen and oxygen atoms in total. The number of benzene rings is 2. The van der Waals surface area contributed by atoms with Crippen LogP contribution in [-0.4, -0.2) is 44.6 Å². The lowest BCUT2D eigenvalue weighted by molar-refractivity contribution is -0.146. The molecule has 0 bridgehead atoms. The van der Waals surface area contributed by atoms with Crippen LogP contribution in [-0.2, 0) is 26.3 Å². The predicted molar refractivity (Wildman–Crippen MR) is 173 cm³/mol. The summed E-state index contributed by atoms with van der Waals surface area (Å²) >= 11 is 0. The van der Waals surface area contributed by atoms with Crippen molar-refractivity contribution in [2.45, 2.75) is 90.1 Å². The summed E-state index contributed by atoms with van der Waals surface area (Å²) in [5, 5.41) is 9.89. The van der Waals surface area contributed by atoms with Gasteiger partial charge >= 0.3 is 0 Å². The third kappa shape index (κ3) is 5.65. The van der Waals surface area contributed by atoms with E-state index in [2.05, 4.69) is 32.9 Å². The number of carbonyl (C=O) groups excluding carboxylic acids is 2. The standard InChI is InChI=1S/C35H45FN2O4Si/c1-23(2)10-9-11-24(3)18-20-37-30-16-15-27(38-29-13-8-7-12-26(29)14-17-32(38)40)22-28(30)35(34(37)41)25(4)33(43(5,6)36)31(42-35)19-21-39/h7-8,10,12-13,15-16,18,22,25,31,33,39H,9,11,14,17,19-21H2,1-6H3/b24-18+/t25-,31+,33-,35+/m1/s1. The Labute approximate surface area is 256 Å². The average Bonchev–Trinajstić information content (AvgIpc) is 3.37. The molecule has 3 heterocycles. The average molecular weight is 605 g/mol. The molecule has 2 amide bonds. The van der Waals surface area contributed by atoms with E-state index in [0.717, 1.165) is 29.8 Å². The van der Waals surface area contributed by atoms with Crippen molar-refractivity contribution in [3.8, 4) is 0 Å². The summed E-state index contributed by atoms with van der Waals surface area (Å²) in [4.78, 5) is 31.4. The largest absolute Gasteiger partial charge is 0.396 e. The Bertz CT molecular complexity index is 1460. The van der Waals surface area contributed by atoms with Gasteiger partial charge in [0, 0.05) is 42.3 Å². The van der Waals surface area contributed by atoms with Crippen LogP contribution >= 0.6 is 0 Å². The van der Waals surface area contributed by atoms with Crippen molar-refractivity contribution in [3.05, 3.63) is 76.9 Å². The maximum atomic E-state index is 16.0. The highest BCUT2D eigenvalue weighted by Crippen LogP contribution is 2.60. The van der Waals surface area contributed by atoms with E-state index in [-0.39, 0.29) is 24.8 Å². The Morgan fingerprint density at radius 3 is 2.53 bits per heavy atom. The quantitative estimate of drug-likeness (QED) is 0.183. The van der Waals surface area contributed by atoms with Gasteiger partial charge in [-0.3, -0.25) is 14.5 Å². The van der Waals surface area contributed by atoms with Crippen molar-refractivity contribution in [2.24, 2.45) is 5.92 Å². The lowest BCUT2D eigenvalue weighted by Crippen LogP contribution is -2.45. The van der Waals surface area contributed by atoms with Crippen LogP contribution in [0.15, 0.2) is 65.8 Å². The van der Waals surface area contributed by atoms with E-state index in [1.54, 1.807) is 22.9 Å². The fourth-order valence-electron chi connectivity index (χ4n) is 7.40. The Kier molecular flexibility index (Phi) is 8.85. The zero-order chi connectivity index (χ0) is 31.1. The number of hydrogen-bond donors (Lipinski definition) is 1. The van der Waals surface area contributed by atoms with Crippen LogP contribution in [0.3, 0.4) is 0 Å². The molecule has 2 aromatic carbocycles. The topological polar surface area (TPSA) is 70.1 Å². The van der Waals surface area contributed by atoms with Crippen molar-refractivity contribution >= 4 is 37.3 Å². The molecule has 0 radical (unpaired) electrons. The van der Waals surface area contributed by atoms with E-state index in [1.165, 1.54) is 11.1 Å². The van der Waals surface area contributed by atoms with Gasteiger partial charge < -0.3 is 18.9 Å². The molecule has 2 aromatic rings. The van der Waals surface area contributed by atoms with Crippen LogP contribution in [0.4, 0.5) is 21.2 Å². The fraction of sp³-hybridized carbons (Fsp3) is 0.486. The zero-order valence-electron chi connectivity index (χ0n) is 26.3. The number of halogens is 1. The van der Waals surface area contributed by atoms with Gasteiger partial charge in [0.15, 0.2) is 5.60 Å². The second-order valence-electron chi connectivity index (χ2n) is 13.1. The van der Waals surface area contributed by atoms with Crippen LogP contribution in [0.1, 0.15) is 64.5 Å². The fourth-order valence-corrected chi connectivity index (χ4v) is 9.94. The number of aliphatic hydroxyl groups is 1. The first-order valence-corrected chi connectivity index (χ1v) is 18.5. The van der Waals surface area contributed by atoms with Crippen LogP contribution in [0.5, 0.6) is 0 Å². The van der Waals surface area contributed by atoms with E-state index in [4.69, 9.17) is 4.74 Å². The number of nitrogens with zero attached hydrogens (tertiary/aromatic N) is 2. The monoisotopic (exact) mass is 604 g/mol. The number of aliphatic hydroxyl groups excluding tert-OH is 1. The van der Waals surface area contributed by atoms with Gasteiger partial charge in [-0.1, -0.05) is 48.4 Å². The number of carbonyl (C=O) groups is 2. The number of fused-ring (bicyclic) bond motifs is 3. The van der Waals surface area contributed by atoms with E-state index < -0.39 is 31.6 Å². The number of anilines is 3. The number of aryl methyl sites for hydroxylation is 1. The molecule has 1 spiro atoms. The second kappa shape index (κ2) is 12.1. The molecule has 0 unspecified atom stereocenters. The molecule has 3 aliphatic heterocycles. The van der Waals surface area contributed by atoms with Gasteiger partial charge in [-0.15, -0.1) is 0 Å². The molecule has 1 fully saturated rings. The van der Waals surface area contributed by atoms with Gasteiger partial charge in [0.05, 0.1) is 17.5 Å². The van der Waals surface area contributed by atoms with Gasteiger partial charge in [0.1, 0.15) is 0 Å². The van der Waals surface area contributed by atoms with Gasteiger partial charge in [-0.05, 0) is 89.4 Å². The highest BCUT2D eigenvalue weighted by molar-refractivity contribution is 6.72. The first kappa shape index (κ1) is 31.4. The summed E-state index contributed by atoms with van der Waals surface area (Å²) < 4.78 is 22.7. The summed E-state index contributed by atoms with van der Waals surface area (Å²) in [6.45, 7) is 11.7. The van der Waals surface area contributed by atoms with Crippen LogP contribution < -0.4 is 9.80 Å². The zero-order valence-corrected chi connectivity index (χ0v) is 27.3. The molecule has 4 atom stereocenters. The van der Waals surface area contributed by atoms with Crippen LogP contribution in [0.25, 0.3) is 0 Å². The molecule has 230 valence electrons. The summed E-state index contributed by atoms with van der Waals surface area (Å²) in [5.74, 6) is -0.651. The highest BCUT2D eigenvalue weighted by Gasteiger charge is 2.66. The molecular weight excluding hydrogens is 559 g/mol. The molecule has 3 aliphatic rings. The molecule has 43 heavy (non-hydrogen) atoms. The Hall–Kier alpha value is -3.07. The number of allylic oxidation sites excluding steroid dienone is 3. The first-order chi connectivity index (χ1) is 20.4. The summed E-state index contributed by atoms with van der Waals surface area (Å²) in [6.07, 6.45) is 6.91. The van der Waals surface area contributed by atoms with Gasteiger partial charge in [-0.2, -0.15) is 0 Å². The summed E-state index contributed by atoms with van der Waals surface area (Å²) in [5.41, 5.74) is 4.63. The van der Waals surface area contributed by atoms with Crippen molar-refractivity contribution in [1.29, 1.82) is 0 Å². The number of rotatable bonds is 9. The third-order valence-corrected chi connectivity index (χ3v) is 11.9. The predicted octanol–water partition coefficient (Wildman–Crippen LogP) is 7.49. The number of para-hydroxylation sites is 1. The Morgan fingerprint density at radius 1 is 1.09 bits per heavy atom. The lowest BCUT2D eigenvalue weighted by Gasteiger charge is -2.32. The maximum Gasteiger partial charge on any atom is 0.264 e. The van der Waals surface area contributed by atoms with Crippen LogP contribution in [0.2, 0.25) is 18.6 Å². The van der Waals surface area contributed by atoms with E-state index >= 15 is 4.11 Å². The summed E-state index contributed by atoms with van der Waals surface area (Å²) in [6, 6.07) is 13.6. The van der Waals surface area contributed by atoms with Crippen LogP contribution in [0, 0.1) is 5.92 Å². The molecular formula is C35H45FN2O4Si. The smallest absolute Gasteiger partial charge is 0.264 e. The number of ether oxygens (including phenoxy) is 1. The second-order valence-corrected chi connectivity index (χ2v) is 16.9. The first-order valence-electron chi connectivity index (χ1n) is 15.5. The van der Waals surface area contributed by atoms with E-state index in [9.17, 15) is 14.7 Å². The molecule has 1 N–H and O–H groups in total. The Balaban J connectivity index is 1.61.